The maximum absolute atomic E-state index is 14.2. The Kier molecular flexibility index (Phi) is 4.77. The quantitative estimate of drug-likeness (QED) is 0.697. The van der Waals surface area contributed by atoms with Gasteiger partial charge in [0, 0.05) is 48.8 Å². The summed E-state index contributed by atoms with van der Waals surface area (Å²) in [5.41, 5.74) is 1.49. The molecule has 4 heterocycles. The van der Waals surface area contributed by atoms with Crippen LogP contribution in [0, 0.1) is 5.82 Å². The molecule has 0 radical (unpaired) electrons. The van der Waals surface area contributed by atoms with Gasteiger partial charge < -0.3 is 10.3 Å². The van der Waals surface area contributed by atoms with Crippen molar-refractivity contribution in [3.05, 3.63) is 41.2 Å². The van der Waals surface area contributed by atoms with Gasteiger partial charge in [-0.3, -0.25) is 0 Å². The number of fused-ring (bicyclic) bond motifs is 1. The van der Waals surface area contributed by atoms with Crippen LogP contribution in [0.1, 0.15) is 25.0 Å². The first kappa shape index (κ1) is 18.2. The summed E-state index contributed by atoms with van der Waals surface area (Å²) in [7, 11) is 0. The fourth-order valence-corrected chi connectivity index (χ4v) is 3.54. The highest BCUT2D eigenvalue weighted by atomic mass is 35.5. The molecule has 0 saturated carbocycles. The van der Waals surface area contributed by atoms with Crippen LogP contribution in [-0.4, -0.2) is 38.4 Å². The van der Waals surface area contributed by atoms with Gasteiger partial charge in [-0.2, -0.15) is 0 Å². The predicted molar refractivity (Wildman–Crippen MR) is 96.4 cm³/mol. The van der Waals surface area contributed by atoms with E-state index >= 15 is 0 Å². The Morgan fingerprint density at radius 3 is 2.93 bits per heavy atom. The minimum absolute atomic E-state index is 0.160. The SMILES string of the molecule is Fc1cnc(-c2c[nH]c3ncc(Cl)cc23)nc1CCC1CC(F)(F)CCN1. The van der Waals surface area contributed by atoms with Crippen molar-refractivity contribution in [2.45, 2.75) is 37.6 Å². The molecule has 1 aliphatic heterocycles. The predicted octanol–water partition coefficient (Wildman–Crippen LogP) is 4.13. The van der Waals surface area contributed by atoms with Crippen molar-refractivity contribution in [3.8, 4) is 11.4 Å². The zero-order chi connectivity index (χ0) is 19.0. The number of aryl methyl sites for hydroxylation is 1. The number of piperidine rings is 1. The Bertz CT molecular complexity index is 975. The molecule has 1 atom stereocenters. The van der Waals surface area contributed by atoms with Crippen molar-refractivity contribution >= 4 is 22.6 Å². The highest BCUT2D eigenvalue weighted by Crippen LogP contribution is 2.30. The average Bonchev–Trinajstić information content (AvgIpc) is 3.03. The van der Waals surface area contributed by atoms with Crippen LogP contribution in [0.2, 0.25) is 5.02 Å². The van der Waals surface area contributed by atoms with Gasteiger partial charge in [-0.25, -0.2) is 28.1 Å². The molecule has 1 aliphatic rings. The van der Waals surface area contributed by atoms with E-state index in [0.717, 1.165) is 11.6 Å². The number of H-pyrrole nitrogens is 1. The Hall–Kier alpha value is -2.19. The van der Waals surface area contributed by atoms with Crippen LogP contribution in [0.5, 0.6) is 0 Å². The molecule has 3 aromatic rings. The van der Waals surface area contributed by atoms with Gasteiger partial charge in [0.15, 0.2) is 11.6 Å². The maximum Gasteiger partial charge on any atom is 0.250 e. The standard InChI is InChI=1S/C18H17ClF3N5/c19-10-5-12-13(8-25-16(12)24-7-10)17-26-9-14(20)15(27-17)2-1-11-6-18(21,22)3-4-23-11/h5,7-9,11,23H,1-4,6H2,(H,24,25). The number of aromatic amines is 1. The normalized spacial score (nSPS) is 19.5. The Morgan fingerprint density at radius 1 is 1.26 bits per heavy atom. The summed E-state index contributed by atoms with van der Waals surface area (Å²) >= 11 is 6.00. The van der Waals surface area contributed by atoms with E-state index in [4.69, 9.17) is 11.6 Å². The molecular formula is C18H17ClF3N5. The number of aromatic nitrogens is 4. The lowest BCUT2D eigenvalue weighted by Crippen LogP contribution is -2.43. The van der Waals surface area contributed by atoms with Gasteiger partial charge in [-0.1, -0.05) is 11.6 Å². The molecule has 4 rings (SSSR count). The van der Waals surface area contributed by atoms with Crippen LogP contribution in [0.15, 0.2) is 24.7 Å². The van der Waals surface area contributed by atoms with E-state index in [9.17, 15) is 13.2 Å². The lowest BCUT2D eigenvalue weighted by atomic mass is 9.96. The van der Waals surface area contributed by atoms with Crippen LogP contribution >= 0.6 is 11.6 Å². The number of alkyl halides is 2. The first-order chi connectivity index (χ1) is 12.9. The molecule has 1 unspecified atom stereocenters. The van der Waals surface area contributed by atoms with Crippen LogP contribution < -0.4 is 5.32 Å². The fraction of sp³-hybridized carbons (Fsp3) is 0.389. The fourth-order valence-electron chi connectivity index (χ4n) is 3.38. The van der Waals surface area contributed by atoms with E-state index in [0.29, 0.717) is 28.5 Å². The number of pyridine rings is 1. The van der Waals surface area contributed by atoms with E-state index in [1.807, 2.05) is 0 Å². The summed E-state index contributed by atoms with van der Waals surface area (Å²) in [6.45, 7) is 0.262. The molecule has 27 heavy (non-hydrogen) atoms. The van der Waals surface area contributed by atoms with Gasteiger partial charge in [0.05, 0.1) is 16.9 Å². The van der Waals surface area contributed by atoms with E-state index in [1.54, 1.807) is 12.3 Å². The van der Waals surface area contributed by atoms with Crippen molar-refractivity contribution in [3.63, 3.8) is 0 Å². The van der Waals surface area contributed by atoms with E-state index in [1.165, 1.54) is 6.20 Å². The van der Waals surface area contributed by atoms with Crippen LogP contribution in [0.25, 0.3) is 22.4 Å². The van der Waals surface area contributed by atoms with Crippen molar-refractivity contribution < 1.29 is 13.2 Å². The molecule has 2 N–H and O–H groups in total. The number of nitrogens with zero attached hydrogens (tertiary/aromatic N) is 3. The van der Waals surface area contributed by atoms with Crippen molar-refractivity contribution in [1.82, 2.24) is 25.3 Å². The molecule has 0 aliphatic carbocycles. The molecule has 9 heteroatoms. The Balaban J connectivity index is 1.57. The van der Waals surface area contributed by atoms with Gasteiger partial charge in [-0.05, 0) is 18.9 Å². The molecule has 1 saturated heterocycles. The second-order valence-corrected chi connectivity index (χ2v) is 7.18. The maximum atomic E-state index is 14.2. The van der Waals surface area contributed by atoms with E-state index < -0.39 is 11.7 Å². The third-order valence-electron chi connectivity index (χ3n) is 4.75. The lowest BCUT2D eigenvalue weighted by Gasteiger charge is -2.30. The molecule has 142 valence electrons. The number of halogens is 4. The van der Waals surface area contributed by atoms with Gasteiger partial charge in [0.25, 0.3) is 5.92 Å². The Morgan fingerprint density at radius 2 is 2.11 bits per heavy atom. The number of nitrogens with one attached hydrogen (secondary N) is 2. The van der Waals surface area contributed by atoms with Crippen LogP contribution in [-0.2, 0) is 6.42 Å². The van der Waals surface area contributed by atoms with Gasteiger partial charge >= 0.3 is 0 Å². The molecule has 0 spiro atoms. The monoisotopic (exact) mass is 395 g/mol. The van der Waals surface area contributed by atoms with Gasteiger partial charge in [0.2, 0.25) is 0 Å². The van der Waals surface area contributed by atoms with E-state index in [2.05, 4.69) is 25.3 Å². The zero-order valence-corrected chi connectivity index (χ0v) is 15.0. The number of hydrogen-bond acceptors (Lipinski definition) is 4. The molecule has 5 nitrogen and oxygen atoms in total. The number of hydrogen-bond donors (Lipinski definition) is 2. The highest BCUT2D eigenvalue weighted by Gasteiger charge is 2.35. The first-order valence-electron chi connectivity index (χ1n) is 8.67. The average molecular weight is 396 g/mol. The summed E-state index contributed by atoms with van der Waals surface area (Å²) in [6.07, 6.45) is 4.55. The highest BCUT2D eigenvalue weighted by molar-refractivity contribution is 6.31. The number of rotatable bonds is 4. The van der Waals surface area contributed by atoms with Crippen molar-refractivity contribution in [1.29, 1.82) is 0 Å². The van der Waals surface area contributed by atoms with Crippen LogP contribution in [0.4, 0.5) is 13.2 Å². The summed E-state index contributed by atoms with van der Waals surface area (Å²) in [5.74, 6) is -2.87. The molecule has 0 aromatic carbocycles. The summed E-state index contributed by atoms with van der Waals surface area (Å²) in [6, 6.07) is 1.37. The summed E-state index contributed by atoms with van der Waals surface area (Å²) in [5, 5.41) is 4.26. The van der Waals surface area contributed by atoms with E-state index in [-0.39, 0.29) is 37.5 Å². The second-order valence-electron chi connectivity index (χ2n) is 6.74. The molecular weight excluding hydrogens is 379 g/mol. The van der Waals surface area contributed by atoms with Gasteiger partial charge in [0.1, 0.15) is 5.65 Å². The molecule has 0 bridgehead atoms. The third kappa shape index (κ3) is 3.91. The topological polar surface area (TPSA) is 66.5 Å². The lowest BCUT2D eigenvalue weighted by molar-refractivity contribution is -0.0418. The smallest absolute Gasteiger partial charge is 0.250 e. The zero-order valence-electron chi connectivity index (χ0n) is 14.3. The first-order valence-corrected chi connectivity index (χ1v) is 9.05. The van der Waals surface area contributed by atoms with Crippen molar-refractivity contribution in [2.75, 3.05) is 6.54 Å². The minimum atomic E-state index is -2.67. The Labute approximate surface area is 158 Å². The molecule has 1 fully saturated rings. The molecule has 0 amide bonds. The largest absolute Gasteiger partial charge is 0.345 e. The summed E-state index contributed by atoms with van der Waals surface area (Å²) in [4.78, 5) is 15.6. The van der Waals surface area contributed by atoms with Crippen molar-refractivity contribution in [2.24, 2.45) is 0 Å². The third-order valence-corrected chi connectivity index (χ3v) is 4.96. The van der Waals surface area contributed by atoms with Gasteiger partial charge in [-0.15, -0.1) is 0 Å². The van der Waals surface area contributed by atoms with Crippen LogP contribution in [0.3, 0.4) is 0 Å². The minimum Gasteiger partial charge on any atom is -0.345 e. The second kappa shape index (κ2) is 7.09. The summed E-state index contributed by atoms with van der Waals surface area (Å²) < 4.78 is 41.2. The molecule has 3 aromatic heterocycles.